The number of hydrogen-bond donors (Lipinski definition) is 1. The van der Waals surface area contributed by atoms with E-state index in [9.17, 15) is 10.0 Å². The van der Waals surface area contributed by atoms with E-state index in [0.717, 1.165) is 9.13 Å². The van der Waals surface area contributed by atoms with Gasteiger partial charge in [-0.25, -0.2) is 9.53 Å². The van der Waals surface area contributed by atoms with E-state index in [1.54, 1.807) is 6.07 Å². The summed E-state index contributed by atoms with van der Waals surface area (Å²) in [6.07, 6.45) is 0.611. The van der Waals surface area contributed by atoms with E-state index >= 15 is 0 Å². The summed E-state index contributed by atoms with van der Waals surface area (Å²) < 4.78 is 1.41. The summed E-state index contributed by atoms with van der Waals surface area (Å²) in [5, 5.41) is 19.3. The number of carboxylic acid groups (broad SMARTS) is 1. The van der Waals surface area contributed by atoms with Crippen LogP contribution in [0, 0.1) is 8.78 Å². The van der Waals surface area contributed by atoms with Crippen LogP contribution in [0.25, 0.3) is 0 Å². The Bertz CT molecular complexity index is 376. The van der Waals surface area contributed by atoms with Crippen molar-refractivity contribution in [2.75, 3.05) is 0 Å². The number of carbonyl (C=O) groups is 1. The van der Waals surface area contributed by atoms with Crippen LogP contribution in [-0.4, -0.2) is 22.0 Å². The summed E-state index contributed by atoms with van der Waals surface area (Å²) in [7, 11) is 0. The molecule has 0 saturated carbocycles. The van der Waals surface area contributed by atoms with Crippen LogP contribution in [0.2, 0.25) is 0 Å². The van der Waals surface area contributed by atoms with Crippen LogP contribution in [0.15, 0.2) is 24.3 Å². The Hall–Kier alpha value is -1.11. The molecule has 0 radical (unpaired) electrons. The van der Waals surface area contributed by atoms with Gasteiger partial charge in [0.15, 0.2) is 6.54 Å². The lowest BCUT2D eigenvalue weighted by Gasteiger charge is -2.02. The number of carboxylic acids is 1. The third kappa shape index (κ3) is 3.73. The molecule has 0 atom stereocenters. The average Bonchev–Trinajstić information content (AvgIpc) is 2.01. The average molecular weight is 305 g/mol. The molecule has 4 nitrogen and oxygen atoms in total. The molecule has 0 aliphatic rings. The summed E-state index contributed by atoms with van der Waals surface area (Å²) >= 11 is 2.13. The van der Waals surface area contributed by atoms with Gasteiger partial charge in [-0.15, -0.1) is 0 Å². The topological polar surface area (TPSA) is 63.4 Å². The van der Waals surface area contributed by atoms with Gasteiger partial charge in [0, 0.05) is 9.13 Å². The Morgan fingerprint density at radius 3 is 2.93 bits per heavy atom. The monoisotopic (exact) mass is 305 g/mol. The zero-order chi connectivity index (χ0) is 10.6. The minimum Gasteiger partial charge on any atom is -0.623 e. The normalized spacial score (nSPS) is 11.4. The Morgan fingerprint density at radius 2 is 2.36 bits per heavy atom. The molecule has 0 saturated heterocycles. The number of hydrogen-bond acceptors (Lipinski definition) is 2. The second-order valence-corrected chi connectivity index (χ2v) is 3.92. The lowest BCUT2D eigenvalue weighted by molar-refractivity contribution is -0.469. The summed E-state index contributed by atoms with van der Waals surface area (Å²) in [6.45, 7) is 0.0587. The van der Waals surface area contributed by atoms with Crippen molar-refractivity contribution in [2.24, 2.45) is 0 Å². The molecule has 5 heteroatoms. The molecule has 0 aromatic heterocycles. The predicted octanol–water partition coefficient (Wildman–Crippen LogP) is 1.46. The maximum Gasteiger partial charge on any atom is 0.394 e. The minimum absolute atomic E-state index is 0.0587. The number of nitrogens with zero attached hydrogens (tertiary/aromatic N) is 1. The van der Waals surface area contributed by atoms with Gasteiger partial charge >= 0.3 is 5.97 Å². The molecule has 1 aromatic carbocycles. The highest BCUT2D eigenvalue weighted by atomic mass is 127. The van der Waals surface area contributed by atoms with Gasteiger partial charge in [-0.05, 0) is 34.7 Å². The molecule has 0 heterocycles. The highest BCUT2D eigenvalue weighted by Gasteiger charge is 2.01. The van der Waals surface area contributed by atoms with Crippen molar-refractivity contribution in [3.05, 3.63) is 38.6 Å². The van der Waals surface area contributed by atoms with E-state index in [4.69, 9.17) is 5.11 Å². The second-order valence-electron chi connectivity index (χ2n) is 2.67. The quantitative estimate of drug-likeness (QED) is 0.302. The molecule has 0 fully saturated rings. The van der Waals surface area contributed by atoms with E-state index in [2.05, 4.69) is 22.6 Å². The van der Waals surface area contributed by atoms with Crippen molar-refractivity contribution in [1.82, 2.24) is 0 Å². The smallest absolute Gasteiger partial charge is 0.394 e. The second kappa shape index (κ2) is 4.94. The standard InChI is InChI=1S/C9H8INO3/c10-8-3-1-2-7(4-8)5-11(14)6-9(12)13/h1-4,6H,5H2,(H,12,13)/b11-6+. The first-order chi connectivity index (χ1) is 6.58. The Balaban J connectivity index is 2.74. The van der Waals surface area contributed by atoms with E-state index in [1.807, 2.05) is 18.2 Å². The van der Waals surface area contributed by atoms with Gasteiger partial charge < -0.3 is 10.3 Å². The third-order valence-corrected chi connectivity index (χ3v) is 2.15. The lowest BCUT2D eigenvalue weighted by Crippen LogP contribution is -2.11. The number of halogens is 1. The molecule has 0 unspecified atom stereocenters. The van der Waals surface area contributed by atoms with Crippen molar-refractivity contribution >= 4 is 34.8 Å². The fourth-order valence-corrected chi connectivity index (χ4v) is 1.59. The fourth-order valence-electron chi connectivity index (χ4n) is 0.984. The van der Waals surface area contributed by atoms with Gasteiger partial charge in [0.05, 0.1) is 0 Å². The Labute approximate surface area is 94.6 Å². The van der Waals surface area contributed by atoms with Crippen molar-refractivity contribution in [1.29, 1.82) is 0 Å². The van der Waals surface area contributed by atoms with Crippen molar-refractivity contribution in [3.63, 3.8) is 0 Å². The maximum absolute atomic E-state index is 11.0. The number of rotatable bonds is 3. The van der Waals surface area contributed by atoms with Gasteiger partial charge in [0.1, 0.15) is 0 Å². The largest absolute Gasteiger partial charge is 0.623 e. The molecule has 14 heavy (non-hydrogen) atoms. The van der Waals surface area contributed by atoms with E-state index < -0.39 is 5.97 Å². The Morgan fingerprint density at radius 1 is 1.64 bits per heavy atom. The molecule has 0 amide bonds. The summed E-state index contributed by atoms with van der Waals surface area (Å²) in [6, 6.07) is 7.34. The van der Waals surface area contributed by atoms with Crippen molar-refractivity contribution in [3.8, 4) is 0 Å². The fraction of sp³-hybridized carbons (Fsp3) is 0.111. The van der Waals surface area contributed by atoms with Crippen LogP contribution in [0.1, 0.15) is 5.56 Å². The Kier molecular flexibility index (Phi) is 3.87. The highest BCUT2D eigenvalue weighted by Crippen LogP contribution is 2.08. The van der Waals surface area contributed by atoms with Crippen LogP contribution >= 0.6 is 22.6 Å². The number of hydroxylamine groups is 1. The molecule has 0 aliphatic carbocycles. The zero-order valence-corrected chi connectivity index (χ0v) is 9.34. The first-order valence-corrected chi connectivity index (χ1v) is 4.92. The predicted molar refractivity (Wildman–Crippen MR) is 60.2 cm³/mol. The summed E-state index contributed by atoms with van der Waals surface area (Å²) in [5.74, 6) is -1.23. The van der Waals surface area contributed by atoms with Crippen LogP contribution in [-0.2, 0) is 11.3 Å². The maximum atomic E-state index is 11.0. The molecular weight excluding hydrogens is 297 g/mol. The molecule has 74 valence electrons. The lowest BCUT2D eigenvalue weighted by atomic mass is 10.2. The molecular formula is C9H8INO3. The van der Waals surface area contributed by atoms with Gasteiger partial charge in [0.25, 0.3) is 6.21 Å². The SMILES string of the molecule is O=C(O)/C=[N+](/[O-])Cc1cccc(I)c1. The molecule has 0 aliphatic heterocycles. The summed E-state index contributed by atoms with van der Waals surface area (Å²) in [5.41, 5.74) is 0.796. The molecule has 1 aromatic rings. The van der Waals surface area contributed by atoms with Crippen molar-refractivity contribution < 1.29 is 14.6 Å². The van der Waals surface area contributed by atoms with Gasteiger partial charge in [-0.3, -0.25) is 0 Å². The first-order valence-electron chi connectivity index (χ1n) is 3.84. The highest BCUT2D eigenvalue weighted by molar-refractivity contribution is 14.1. The minimum atomic E-state index is -1.23. The van der Waals surface area contributed by atoms with E-state index in [1.165, 1.54) is 0 Å². The molecule has 0 bridgehead atoms. The molecule has 0 spiro atoms. The van der Waals surface area contributed by atoms with Gasteiger partial charge in [-0.1, -0.05) is 12.1 Å². The number of aliphatic carboxylic acids is 1. The third-order valence-electron chi connectivity index (χ3n) is 1.48. The van der Waals surface area contributed by atoms with Crippen molar-refractivity contribution in [2.45, 2.75) is 6.54 Å². The van der Waals surface area contributed by atoms with Gasteiger partial charge in [-0.2, -0.15) is 0 Å². The van der Waals surface area contributed by atoms with E-state index in [-0.39, 0.29) is 6.54 Å². The molecule has 1 N–H and O–H groups in total. The zero-order valence-electron chi connectivity index (χ0n) is 7.18. The van der Waals surface area contributed by atoms with Gasteiger partial charge in [0.2, 0.25) is 0 Å². The van der Waals surface area contributed by atoms with E-state index in [0.29, 0.717) is 11.0 Å². The van der Waals surface area contributed by atoms with Crippen LogP contribution in [0.5, 0.6) is 0 Å². The van der Waals surface area contributed by atoms with Crippen LogP contribution in [0.3, 0.4) is 0 Å². The number of benzene rings is 1. The van der Waals surface area contributed by atoms with Crippen LogP contribution < -0.4 is 0 Å². The van der Waals surface area contributed by atoms with Crippen LogP contribution in [0.4, 0.5) is 0 Å². The molecule has 1 rings (SSSR count). The first kappa shape index (κ1) is 11.0. The summed E-state index contributed by atoms with van der Waals surface area (Å²) in [4.78, 5) is 10.2.